The van der Waals surface area contributed by atoms with Crippen LogP contribution in [0.2, 0.25) is 0 Å². The molecule has 23 heavy (non-hydrogen) atoms. The van der Waals surface area contributed by atoms with E-state index in [4.69, 9.17) is 5.11 Å². The fourth-order valence-corrected chi connectivity index (χ4v) is 4.57. The van der Waals surface area contributed by atoms with Crippen molar-refractivity contribution in [1.29, 1.82) is 0 Å². The molecule has 2 fully saturated rings. The van der Waals surface area contributed by atoms with E-state index >= 15 is 0 Å². The average Bonchev–Trinajstić information content (AvgIpc) is 2.55. The van der Waals surface area contributed by atoms with Crippen LogP contribution in [-0.4, -0.2) is 54.6 Å². The molecule has 2 rings (SSSR count). The molecule has 132 valence electrons. The molecule has 8 heteroatoms. The first-order valence-electron chi connectivity index (χ1n) is 8.34. The van der Waals surface area contributed by atoms with E-state index in [2.05, 4.69) is 5.32 Å². The van der Waals surface area contributed by atoms with E-state index < -0.39 is 16.0 Å². The van der Waals surface area contributed by atoms with Gasteiger partial charge in [-0.1, -0.05) is 0 Å². The van der Waals surface area contributed by atoms with Gasteiger partial charge in [-0.05, 0) is 45.4 Å². The summed E-state index contributed by atoms with van der Waals surface area (Å²) in [5.74, 6) is -1.41. The van der Waals surface area contributed by atoms with Gasteiger partial charge in [0, 0.05) is 19.1 Å². The zero-order chi connectivity index (χ0) is 17.0. The summed E-state index contributed by atoms with van der Waals surface area (Å²) in [5, 5.41) is 12.0. The summed E-state index contributed by atoms with van der Waals surface area (Å²) < 4.78 is 25.3. The van der Waals surface area contributed by atoms with E-state index in [1.54, 1.807) is 6.92 Å². The van der Waals surface area contributed by atoms with Crippen molar-refractivity contribution in [3.63, 3.8) is 0 Å². The molecule has 0 spiro atoms. The number of hydrogen-bond acceptors (Lipinski definition) is 4. The predicted molar refractivity (Wildman–Crippen MR) is 85.3 cm³/mol. The molecule has 0 aromatic heterocycles. The largest absolute Gasteiger partial charge is 0.481 e. The number of carboxylic acid groups (broad SMARTS) is 1. The molecule has 1 unspecified atom stereocenters. The van der Waals surface area contributed by atoms with Crippen molar-refractivity contribution in [2.24, 2.45) is 11.8 Å². The number of carboxylic acids is 1. The monoisotopic (exact) mass is 346 g/mol. The molecule has 2 N–H and O–H groups in total. The first-order chi connectivity index (χ1) is 10.8. The van der Waals surface area contributed by atoms with Crippen LogP contribution < -0.4 is 5.32 Å². The Morgan fingerprint density at radius 3 is 2.35 bits per heavy atom. The minimum absolute atomic E-state index is 0.0104. The van der Waals surface area contributed by atoms with Gasteiger partial charge >= 0.3 is 5.97 Å². The number of amides is 1. The second kappa shape index (κ2) is 7.61. The fraction of sp³-hybridized carbons (Fsp3) is 0.867. The molecule has 1 saturated carbocycles. The van der Waals surface area contributed by atoms with E-state index in [1.807, 2.05) is 0 Å². The number of carbonyl (C=O) groups is 2. The van der Waals surface area contributed by atoms with Crippen molar-refractivity contribution in [2.75, 3.05) is 18.8 Å². The lowest BCUT2D eigenvalue weighted by atomic mass is 9.85. The van der Waals surface area contributed by atoms with Crippen LogP contribution >= 0.6 is 0 Å². The van der Waals surface area contributed by atoms with Crippen molar-refractivity contribution < 1.29 is 23.1 Å². The number of rotatable bonds is 5. The lowest BCUT2D eigenvalue weighted by Crippen LogP contribution is -2.48. The normalized spacial score (nSPS) is 29.9. The number of carbonyl (C=O) groups excluding carboxylic acids is 1. The molecule has 7 nitrogen and oxygen atoms in total. The summed E-state index contributed by atoms with van der Waals surface area (Å²) in [6.45, 7) is 2.36. The first kappa shape index (κ1) is 18.2. The Kier molecular flexibility index (Phi) is 6.02. The van der Waals surface area contributed by atoms with Gasteiger partial charge in [-0.15, -0.1) is 0 Å². The molecule has 1 aliphatic heterocycles. The highest BCUT2D eigenvalue weighted by Crippen LogP contribution is 2.25. The number of hydrogen-bond donors (Lipinski definition) is 2. The molecule has 0 bridgehead atoms. The Morgan fingerprint density at radius 2 is 1.78 bits per heavy atom. The molecule has 1 amide bonds. The number of sulfonamides is 1. The average molecular weight is 346 g/mol. The first-order valence-corrected chi connectivity index (χ1v) is 9.95. The van der Waals surface area contributed by atoms with Crippen LogP contribution in [0.3, 0.4) is 0 Å². The number of nitrogens with zero attached hydrogens (tertiary/aromatic N) is 1. The van der Waals surface area contributed by atoms with Crippen LogP contribution in [0.5, 0.6) is 0 Å². The van der Waals surface area contributed by atoms with Gasteiger partial charge < -0.3 is 10.4 Å². The van der Waals surface area contributed by atoms with Crippen LogP contribution in [0, 0.1) is 11.8 Å². The summed E-state index contributed by atoms with van der Waals surface area (Å²) in [4.78, 5) is 23.3. The molecule has 1 heterocycles. The molecular formula is C15H26N2O5S. The summed E-state index contributed by atoms with van der Waals surface area (Å²) >= 11 is 0. The molecule has 1 aliphatic carbocycles. The quantitative estimate of drug-likeness (QED) is 0.766. The van der Waals surface area contributed by atoms with E-state index in [0.29, 0.717) is 45.1 Å². The summed E-state index contributed by atoms with van der Waals surface area (Å²) in [6, 6.07) is 0.0104. The van der Waals surface area contributed by atoms with Crippen LogP contribution in [0.4, 0.5) is 0 Å². The van der Waals surface area contributed by atoms with Crippen LogP contribution in [0.15, 0.2) is 0 Å². The van der Waals surface area contributed by atoms with Gasteiger partial charge in [-0.25, -0.2) is 12.7 Å². The van der Waals surface area contributed by atoms with Gasteiger partial charge in [-0.2, -0.15) is 0 Å². The van der Waals surface area contributed by atoms with Gasteiger partial charge in [0.1, 0.15) is 0 Å². The Balaban J connectivity index is 1.85. The maximum absolute atomic E-state index is 12.4. The third-order valence-corrected chi connectivity index (χ3v) is 6.78. The smallest absolute Gasteiger partial charge is 0.306 e. The highest BCUT2D eigenvalue weighted by molar-refractivity contribution is 7.89. The molecule has 0 aromatic carbocycles. The minimum atomic E-state index is -3.25. The maximum Gasteiger partial charge on any atom is 0.306 e. The lowest BCUT2D eigenvalue weighted by Gasteiger charge is -2.33. The third kappa shape index (κ3) is 4.67. The SMILES string of the molecule is CCS(=O)(=O)N1CCCC(C(=O)NC2CCC(C(=O)O)CC2)C1. The second-order valence-corrected chi connectivity index (χ2v) is 8.75. The molecular weight excluding hydrogens is 320 g/mol. The van der Waals surface area contributed by atoms with E-state index in [1.165, 1.54) is 4.31 Å². The van der Waals surface area contributed by atoms with Gasteiger partial charge in [0.05, 0.1) is 17.6 Å². The van der Waals surface area contributed by atoms with Gasteiger partial charge in [0.2, 0.25) is 15.9 Å². The second-order valence-electron chi connectivity index (χ2n) is 6.49. The summed E-state index contributed by atoms with van der Waals surface area (Å²) in [5.41, 5.74) is 0. The van der Waals surface area contributed by atoms with E-state index in [0.717, 1.165) is 0 Å². The van der Waals surface area contributed by atoms with Gasteiger partial charge in [0.15, 0.2) is 0 Å². The van der Waals surface area contributed by atoms with Gasteiger partial charge in [-0.3, -0.25) is 9.59 Å². The van der Waals surface area contributed by atoms with Crippen molar-refractivity contribution in [2.45, 2.75) is 51.5 Å². The number of nitrogens with one attached hydrogen (secondary N) is 1. The number of piperidine rings is 1. The van der Waals surface area contributed by atoms with Crippen molar-refractivity contribution >= 4 is 21.9 Å². The Hall–Kier alpha value is -1.15. The molecule has 0 aromatic rings. The summed E-state index contributed by atoms with van der Waals surface area (Å²) in [6.07, 6.45) is 3.91. The maximum atomic E-state index is 12.4. The standard InChI is InChI=1S/C15H26N2O5S/c1-2-23(21,22)17-9-3-4-12(10-17)14(18)16-13-7-5-11(6-8-13)15(19)20/h11-13H,2-10H2,1H3,(H,16,18)(H,19,20). The van der Waals surface area contributed by atoms with E-state index in [-0.39, 0.29) is 36.1 Å². The highest BCUT2D eigenvalue weighted by atomic mass is 32.2. The van der Waals surface area contributed by atoms with Gasteiger partial charge in [0.25, 0.3) is 0 Å². The zero-order valence-electron chi connectivity index (χ0n) is 13.5. The van der Waals surface area contributed by atoms with Crippen LogP contribution in [0.1, 0.15) is 45.4 Å². The Bertz CT molecular complexity index is 540. The molecule has 0 radical (unpaired) electrons. The van der Waals surface area contributed by atoms with Crippen molar-refractivity contribution in [1.82, 2.24) is 9.62 Å². The van der Waals surface area contributed by atoms with Crippen LogP contribution in [-0.2, 0) is 19.6 Å². The molecule has 1 saturated heterocycles. The highest BCUT2D eigenvalue weighted by Gasteiger charge is 2.33. The van der Waals surface area contributed by atoms with Crippen molar-refractivity contribution in [3.8, 4) is 0 Å². The third-order valence-electron chi connectivity index (χ3n) is 4.94. The summed E-state index contributed by atoms with van der Waals surface area (Å²) in [7, 11) is -3.25. The predicted octanol–water partition coefficient (Wildman–Crippen LogP) is 0.808. The Morgan fingerprint density at radius 1 is 1.13 bits per heavy atom. The topological polar surface area (TPSA) is 104 Å². The molecule has 2 aliphatic rings. The lowest BCUT2D eigenvalue weighted by molar-refractivity contribution is -0.142. The fourth-order valence-electron chi connectivity index (χ4n) is 3.40. The van der Waals surface area contributed by atoms with Crippen LogP contribution in [0.25, 0.3) is 0 Å². The molecule has 1 atom stereocenters. The van der Waals surface area contributed by atoms with Crippen molar-refractivity contribution in [3.05, 3.63) is 0 Å². The Labute approximate surface area is 137 Å². The minimum Gasteiger partial charge on any atom is -0.481 e. The zero-order valence-corrected chi connectivity index (χ0v) is 14.3. The number of aliphatic carboxylic acids is 1. The van der Waals surface area contributed by atoms with E-state index in [9.17, 15) is 18.0 Å².